The van der Waals surface area contributed by atoms with Gasteiger partial charge in [-0.05, 0) is 50.2 Å². The van der Waals surface area contributed by atoms with Gasteiger partial charge in [0.1, 0.15) is 6.04 Å². The smallest absolute Gasteiger partial charge is 0.310 e. The van der Waals surface area contributed by atoms with E-state index in [1.54, 1.807) is 34.6 Å². The fourth-order valence-electron chi connectivity index (χ4n) is 7.02. The summed E-state index contributed by atoms with van der Waals surface area (Å²) < 4.78 is 4.67. The molecule has 4 rings (SSSR count). The zero-order chi connectivity index (χ0) is 27.2. The number of fused-ring (bicyclic) bond motifs is 1. The number of anilines is 1. The number of hydrogen-bond donors (Lipinski definition) is 1. The predicted octanol–water partition coefficient (Wildman–Crippen LogP) is 3.74. The molecule has 8 heteroatoms. The highest BCUT2D eigenvalue weighted by atomic mass is 32.2. The number of aliphatic hydroxyl groups excluding tert-OH is 1. The molecule has 1 aromatic carbocycles. The van der Waals surface area contributed by atoms with Crippen LogP contribution in [0.3, 0.4) is 0 Å². The van der Waals surface area contributed by atoms with Crippen LogP contribution >= 0.6 is 11.8 Å². The van der Waals surface area contributed by atoms with E-state index in [2.05, 4.69) is 13.5 Å². The second-order valence-electron chi connectivity index (χ2n) is 11.0. The van der Waals surface area contributed by atoms with E-state index in [-0.39, 0.29) is 48.1 Å². The highest BCUT2D eigenvalue weighted by Crippen LogP contribution is 2.69. The molecule has 1 N–H and O–H groups in total. The van der Waals surface area contributed by atoms with E-state index in [0.29, 0.717) is 6.54 Å². The molecule has 1 aromatic rings. The fraction of sp³-hybridized carbons (Fsp3) is 0.621. The van der Waals surface area contributed by atoms with Crippen molar-refractivity contribution in [2.24, 2.45) is 23.7 Å². The Hall–Kier alpha value is -2.32. The Balaban J connectivity index is 1.91. The molecule has 7 atom stereocenters. The van der Waals surface area contributed by atoms with Crippen molar-refractivity contribution >= 4 is 35.2 Å². The maximum absolute atomic E-state index is 14.8. The maximum atomic E-state index is 14.8. The first-order valence-electron chi connectivity index (χ1n) is 13.3. The highest BCUT2D eigenvalue weighted by molar-refractivity contribution is 8.02. The van der Waals surface area contributed by atoms with Gasteiger partial charge in [-0.15, -0.1) is 18.3 Å². The van der Waals surface area contributed by atoms with Crippen LogP contribution in [0.1, 0.15) is 45.2 Å². The summed E-state index contributed by atoms with van der Waals surface area (Å²) in [5.74, 6) is -2.04. The van der Waals surface area contributed by atoms with Gasteiger partial charge >= 0.3 is 5.97 Å². The molecule has 3 heterocycles. The molecule has 1 spiro atoms. The van der Waals surface area contributed by atoms with Crippen LogP contribution in [0, 0.1) is 37.5 Å². The van der Waals surface area contributed by atoms with E-state index >= 15 is 0 Å². The number of carbonyl (C=O) groups excluding carboxylic acids is 3. The van der Waals surface area contributed by atoms with Crippen molar-refractivity contribution in [3.05, 3.63) is 42.0 Å². The van der Waals surface area contributed by atoms with E-state index in [4.69, 9.17) is 4.74 Å². The summed E-state index contributed by atoms with van der Waals surface area (Å²) in [5, 5.41) is 10.4. The van der Waals surface area contributed by atoms with Crippen LogP contribution in [0.4, 0.5) is 5.69 Å². The minimum absolute atomic E-state index is 0.0381. The topological polar surface area (TPSA) is 87.2 Å². The number of rotatable bonds is 9. The number of hydrogen-bond acceptors (Lipinski definition) is 6. The predicted molar refractivity (Wildman–Crippen MR) is 146 cm³/mol. The van der Waals surface area contributed by atoms with Crippen molar-refractivity contribution in [3.8, 4) is 0 Å². The average Bonchev–Trinajstić information content (AvgIpc) is 3.42. The van der Waals surface area contributed by atoms with Crippen LogP contribution in [0.2, 0.25) is 0 Å². The lowest BCUT2D eigenvalue weighted by atomic mass is 9.66. The molecule has 0 aromatic heterocycles. The molecule has 2 amide bonds. The van der Waals surface area contributed by atoms with E-state index < -0.39 is 28.7 Å². The van der Waals surface area contributed by atoms with Crippen LogP contribution in [0.25, 0.3) is 0 Å². The number of aliphatic hydroxyl groups is 1. The third-order valence-electron chi connectivity index (χ3n) is 8.58. The molecule has 7 nitrogen and oxygen atoms in total. The van der Waals surface area contributed by atoms with Crippen molar-refractivity contribution < 1.29 is 24.2 Å². The second-order valence-corrected chi connectivity index (χ2v) is 12.6. The number of benzene rings is 1. The Morgan fingerprint density at radius 2 is 1.97 bits per heavy atom. The van der Waals surface area contributed by atoms with Gasteiger partial charge in [0.15, 0.2) is 0 Å². The molecule has 3 unspecified atom stereocenters. The van der Waals surface area contributed by atoms with Crippen molar-refractivity contribution in [1.82, 2.24) is 4.90 Å². The van der Waals surface area contributed by atoms with Crippen LogP contribution < -0.4 is 4.90 Å². The molecular weight excluding hydrogens is 488 g/mol. The van der Waals surface area contributed by atoms with Crippen LogP contribution in [0.5, 0.6) is 0 Å². The molecule has 202 valence electrons. The summed E-state index contributed by atoms with van der Waals surface area (Å²) in [6.45, 7) is 15.9. The monoisotopic (exact) mass is 528 g/mol. The van der Waals surface area contributed by atoms with Gasteiger partial charge in [-0.1, -0.05) is 45.0 Å². The number of para-hydroxylation sites is 1. The zero-order valence-electron chi connectivity index (χ0n) is 22.8. The van der Waals surface area contributed by atoms with E-state index in [1.807, 2.05) is 45.9 Å². The number of carbonyl (C=O) groups is 3. The molecular formula is C29H40N2O5S. The van der Waals surface area contributed by atoms with Gasteiger partial charge in [0.25, 0.3) is 5.91 Å². The van der Waals surface area contributed by atoms with Crippen molar-refractivity contribution in [1.29, 1.82) is 0 Å². The summed E-state index contributed by atoms with van der Waals surface area (Å²) in [5.41, 5.74) is 2.74. The molecule has 0 radical (unpaired) electrons. The Morgan fingerprint density at radius 1 is 1.32 bits per heavy atom. The zero-order valence-corrected chi connectivity index (χ0v) is 23.6. The third kappa shape index (κ3) is 4.11. The molecule has 0 aliphatic carbocycles. The van der Waals surface area contributed by atoms with E-state index in [1.165, 1.54) is 0 Å². The number of esters is 1. The first-order valence-corrected chi connectivity index (χ1v) is 14.2. The van der Waals surface area contributed by atoms with Crippen molar-refractivity contribution in [2.45, 2.75) is 70.0 Å². The lowest BCUT2D eigenvalue weighted by Gasteiger charge is -2.43. The number of thioether (sulfide) groups is 1. The summed E-state index contributed by atoms with van der Waals surface area (Å²) in [4.78, 5) is 45.6. The number of likely N-dealkylation sites (tertiary alicyclic amines) is 1. The van der Waals surface area contributed by atoms with Gasteiger partial charge in [-0.2, -0.15) is 0 Å². The quantitative estimate of drug-likeness (QED) is 0.388. The summed E-state index contributed by atoms with van der Waals surface area (Å²) in [7, 11) is 0. The van der Waals surface area contributed by atoms with Crippen LogP contribution in [-0.4, -0.2) is 69.6 Å². The number of aryl methyl sites for hydroxylation is 2. The first-order chi connectivity index (χ1) is 17.6. The van der Waals surface area contributed by atoms with Gasteiger partial charge < -0.3 is 19.6 Å². The maximum Gasteiger partial charge on any atom is 0.310 e. The van der Waals surface area contributed by atoms with Gasteiger partial charge in [0.05, 0.1) is 35.8 Å². The van der Waals surface area contributed by atoms with Crippen LogP contribution in [-0.2, 0) is 19.1 Å². The summed E-state index contributed by atoms with van der Waals surface area (Å²) >= 11 is 1.62. The van der Waals surface area contributed by atoms with Crippen molar-refractivity contribution in [2.75, 3.05) is 24.7 Å². The van der Waals surface area contributed by atoms with Gasteiger partial charge in [0, 0.05) is 17.5 Å². The Labute approximate surface area is 224 Å². The van der Waals surface area contributed by atoms with Gasteiger partial charge in [-0.25, -0.2) is 0 Å². The minimum atomic E-state index is -0.812. The number of nitrogens with zero attached hydrogens (tertiary/aromatic N) is 2. The Bertz CT molecular complexity index is 1070. The molecule has 37 heavy (non-hydrogen) atoms. The van der Waals surface area contributed by atoms with E-state index in [9.17, 15) is 19.5 Å². The molecule has 2 bridgehead atoms. The minimum Gasteiger partial charge on any atom is -0.466 e. The van der Waals surface area contributed by atoms with Gasteiger partial charge in [-0.3, -0.25) is 14.4 Å². The second kappa shape index (κ2) is 10.4. The third-order valence-corrected chi connectivity index (χ3v) is 10.7. The Kier molecular flexibility index (Phi) is 7.82. The molecule has 3 aliphatic rings. The van der Waals surface area contributed by atoms with Gasteiger partial charge in [0.2, 0.25) is 5.91 Å². The average molecular weight is 529 g/mol. The number of ether oxygens (including phenoxy) is 1. The number of amides is 2. The molecule has 0 saturated carbocycles. The largest absolute Gasteiger partial charge is 0.466 e. The lowest BCUT2D eigenvalue weighted by Crippen LogP contribution is -2.60. The SMILES string of the molecule is C=CCN(C(=O)C1N([C@@H](CO)C(C)C)C(=O)[C@@H]2[C@@H](C(=O)OCC)[C@H]3CC(C)C12S3)c1c(C)cccc1C. The Morgan fingerprint density at radius 3 is 2.51 bits per heavy atom. The highest BCUT2D eigenvalue weighted by Gasteiger charge is 2.77. The normalized spacial score (nSPS) is 31.0. The molecule has 3 saturated heterocycles. The standard InChI is InChI=1S/C29H40N2O5S/c1-8-13-30(24-17(5)11-10-12-18(24)6)27(34)25-29-19(7)14-21(37-29)22(28(35)36-9-2)23(29)26(33)31(25)20(15-32)16(3)4/h8,10-12,16,19-23,25,32H,1,9,13-15H2,2-7H3/t19?,20-,21+,22-,23-,25?,29?/m0/s1. The van der Waals surface area contributed by atoms with Crippen molar-refractivity contribution in [3.63, 3.8) is 0 Å². The molecule has 3 fully saturated rings. The summed E-state index contributed by atoms with van der Waals surface area (Å²) in [6.07, 6.45) is 2.45. The lowest BCUT2D eigenvalue weighted by molar-refractivity contribution is -0.154. The van der Waals surface area contributed by atoms with E-state index in [0.717, 1.165) is 23.2 Å². The fourth-order valence-corrected chi connectivity index (χ4v) is 9.41. The molecule has 3 aliphatic heterocycles. The first kappa shape index (κ1) is 27.7. The van der Waals surface area contributed by atoms with Crippen LogP contribution in [0.15, 0.2) is 30.9 Å². The summed E-state index contributed by atoms with van der Waals surface area (Å²) in [6, 6.07) is 4.56.